The molecule has 1 N–H and O–H groups in total. The van der Waals surface area contributed by atoms with E-state index in [-0.39, 0.29) is 21.2 Å². The molecule has 0 aliphatic heterocycles. The van der Waals surface area contributed by atoms with Crippen LogP contribution >= 0.6 is 23.2 Å². The van der Waals surface area contributed by atoms with Crippen molar-refractivity contribution < 1.29 is 22.7 Å². The second kappa shape index (κ2) is 8.77. The zero-order valence-electron chi connectivity index (χ0n) is 18.7. The number of carbonyl (C=O) groups is 1. The van der Waals surface area contributed by atoms with Crippen LogP contribution in [0.2, 0.25) is 10.0 Å². The molecule has 1 fully saturated rings. The molecule has 1 amide bonds. The molecule has 1 saturated carbocycles. The Hall–Kier alpha value is -3.23. The van der Waals surface area contributed by atoms with E-state index in [0.717, 1.165) is 0 Å². The number of ether oxygens (including phenoxy) is 1. The van der Waals surface area contributed by atoms with E-state index in [9.17, 15) is 23.2 Å². The van der Waals surface area contributed by atoms with Crippen LogP contribution in [0.3, 0.4) is 0 Å². The summed E-state index contributed by atoms with van der Waals surface area (Å²) in [4.78, 5) is 12.7. The van der Waals surface area contributed by atoms with Gasteiger partial charge in [0.15, 0.2) is 5.82 Å². The lowest BCUT2D eigenvalue weighted by Crippen LogP contribution is -2.35. The van der Waals surface area contributed by atoms with Gasteiger partial charge in [0.1, 0.15) is 5.54 Å². The lowest BCUT2D eigenvalue weighted by molar-refractivity contribution is -0.217. The predicted octanol–water partition coefficient (Wildman–Crippen LogP) is 5.00. The van der Waals surface area contributed by atoms with Crippen LogP contribution in [0.1, 0.15) is 35.7 Å². The topological polar surface area (TPSA) is 97.8 Å². The summed E-state index contributed by atoms with van der Waals surface area (Å²) in [7, 11) is 1.49. The number of amides is 1. The Morgan fingerprint density at radius 2 is 2.03 bits per heavy atom. The van der Waals surface area contributed by atoms with Gasteiger partial charge >= 0.3 is 6.11 Å². The van der Waals surface area contributed by atoms with E-state index in [1.54, 1.807) is 6.20 Å². The van der Waals surface area contributed by atoms with Crippen LogP contribution in [0.15, 0.2) is 24.5 Å². The van der Waals surface area contributed by atoms with Gasteiger partial charge in [0.2, 0.25) is 12.1 Å². The van der Waals surface area contributed by atoms with Crippen molar-refractivity contribution in [3.63, 3.8) is 0 Å². The highest BCUT2D eigenvalue weighted by Crippen LogP contribution is 2.37. The Labute approximate surface area is 208 Å². The molecule has 0 spiro atoms. The van der Waals surface area contributed by atoms with Gasteiger partial charge < -0.3 is 10.1 Å². The van der Waals surface area contributed by atoms with Crippen LogP contribution in [0, 0.1) is 18.3 Å². The summed E-state index contributed by atoms with van der Waals surface area (Å²) in [6.45, 7) is 2.17. The molecule has 4 rings (SSSR count). The monoisotopic (exact) mass is 526 g/mol. The molecule has 1 aliphatic rings. The average molecular weight is 527 g/mol. The highest BCUT2D eigenvalue weighted by atomic mass is 35.5. The number of rotatable bonds is 7. The van der Waals surface area contributed by atoms with Crippen molar-refractivity contribution in [2.45, 2.75) is 44.5 Å². The van der Waals surface area contributed by atoms with E-state index in [0.29, 0.717) is 36.7 Å². The number of aryl methyl sites for hydroxylation is 1. The molecule has 0 radical (unpaired) electrons. The minimum absolute atomic E-state index is 0.115. The molecule has 1 aliphatic carbocycles. The third-order valence-electron chi connectivity index (χ3n) is 5.63. The van der Waals surface area contributed by atoms with Crippen LogP contribution < -0.4 is 10.1 Å². The van der Waals surface area contributed by atoms with Crippen LogP contribution in [-0.2, 0) is 7.05 Å². The number of benzene rings is 1. The maximum atomic E-state index is 13.7. The maximum Gasteiger partial charge on any atom is 0.430 e. The van der Waals surface area contributed by atoms with Crippen molar-refractivity contribution >= 4 is 29.1 Å². The maximum absolute atomic E-state index is 13.7. The molecule has 3 aromatic rings. The summed E-state index contributed by atoms with van der Waals surface area (Å²) in [5, 5.41) is 20.5. The molecule has 35 heavy (non-hydrogen) atoms. The number of alkyl halides is 3. The Morgan fingerprint density at radius 3 is 2.63 bits per heavy atom. The van der Waals surface area contributed by atoms with Crippen LogP contribution in [0.25, 0.3) is 16.9 Å². The Bertz CT molecular complexity index is 1360. The Kier molecular flexibility index (Phi) is 6.23. The number of nitrogens with zero attached hydrogens (tertiary/aromatic N) is 5. The minimum atomic E-state index is -4.05. The number of aromatic nitrogens is 4. The summed E-state index contributed by atoms with van der Waals surface area (Å²) in [5.74, 6) is -0.656. The molecule has 0 bridgehead atoms. The van der Waals surface area contributed by atoms with Crippen LogP contribution in [0.5, 0.6) is 5.88 Å². The first kappa shape index (κ1) is 24.9. The summed E-state index contributed by atoms with van der Waals surface area (Å²) < 4.78 is 47.8. The lowest BCUT2D eigenvalue weighted by Gasteiger charge is -2.17. The van der Waals surface area contributed by atoms with Crippen molar-refractivity contribution in [2.24, 2.45) is 7.05 Å². The first-order valence-corrected chi connectivity index (χ1v) is 11.2. The standard InChI is InChI=1S/C22H19Cl2F3N6O2/c1-11-19(35-22(26,27)12(2)25)31-32(3)20(11)33-9-13(8-29-33)14-6-15(17(24)7-16(14)23)18(34)30-21(10-28)4-5-21/h6-9,12H,4-5H2,1-3H3,(H,30,34). The van der Waals surface area contributed by atoms with Crippen molar-refractivity contribution in [1.29, 1.82) is 5.26 Å². The van der Waals surface area contributed by atoms with E-state index >= 15 is 0 Å². The van der Waals surface area contributed by atoms with Gasteiger partial charge in [0, 0.05) is 24.4 Å². The summed E-state index contributed by atoms with van der Waals surface area (Å²) in [5.41, 5.74) is 0.390. The Morgan fingerprint density at radius 1 is 1.34 bits per heavy atom. The molecule has 0 saturated heterocycles. The smallest absolute Gasteiger partial charge is 0.410 e. The number of hydrogen-bond acceptors (Lipinski definition) is 5. The second-order valence-corrected chi connectivity index (χ2v) is 9.11. The van der Waals surface area contributed by atoms with Crippen molar-refractivity contribution in [2.75, 3.05) is 0 Å². The van der Waals surface area contributed by atoms with Gasteiger partial charge in [-0.3, -0.25) is 4.79 Å². The third-order valence-corrected chi connectivity index (χ3v) is 6.25. The predicted molar refractivity (Wildman–Crippen MR) is 122 cm³/mol. The highest BCUT2D eigenvalue weighted by Gasteiger charge is 2.45. The van der Waals surface area contributed by atoms with Gasteiger partial charge in [-0.2, -0.15) is 19.1 Å². The molecular weight excluding hydrogens is 508 g/mol. The first-order valence-electron chi connectivity index (χ1n) is 10.4. The molecule has 2 aromatic heterocycles. The number of nitriles is 1. The summed E-state index contributed by atoms with van der Waals surface area (Å²) >= 11 is 12.6. The van der Waals surface area contributed by atoms with E-state index < -0.39 is 29.6 Å². The molecule has 184 valence electrons. The van der Waals surface area contributed by atoms with Gasteiger partial charge in [0.25, 0.3) is 5.91 Å². The van der Waals surface area contributed by atoms with Gasteiger partial charge in [-0.15, -0.1) is 5.10 Å². The SMILES string of the molecule is Cc1c(OC(F)(F)C(C)F)nn(C)c1-n1cc(-c2cc(C(=O)NC3(C#N)CC3)c(Cl)cc2Cl)cn1. The fourth-order valence-electron chi connectivity index (χ4n) is 3.42. The second-order valence-electron chi connectivity index (χ2n) is 8.29. The fraction of sp³-hybridized carbons (Fsp3) is 0.364. The fourth-order valence-corrected chi connectivity index (χ4v) is 4.00. The lowest BCUT2D eigenvalue weighted by atomic mass is 10.0. The normalized spacial score (nSPS) is 15.4. The summed E-state index contributed by atoms with van der Waals surface area (Å²) in [6, 6.07) is 4.99. The number of hydrogen-bond donors (Lipinski definition) is 1. The first-order chi connectivity index (χ1) is 16.4. The zero-order chi connectivity index (χ0) is 25.7. The van der Waals surface area contributed by atoms with Crippen molar-refractivity contribution in [3.05, 3.63) is 45.7 Å². The summed E-state index contributed by atoms with van der Waals surface area (Å²) in [6.07, 6.45) is -2.45. The van der Waals surface area contributed by atoms with Gasteiger partial charge in [-0.05, 0) is 38.8 Å². The van der Waals surface area contributed by atoms with E-state index in [2.05, 4.69) is 26.3 Å². The van der Waals surface area contributed by atoms with Gasteiger partial charge in [0.05, 0.1) is 33.4 Å². The molecule has 1 atom stereocenters. The minimum Gasteiger partial charge on any atom is -0.410 e. The van der Waals surface area contributed by atoms with Crippen molar-refractivity contribution in [3.8, 4) is 28.9 Å². The van der Waals surface area contributed by atoms with E-state index in [1.165, 1.54) is 41.7 Å². The molecule has 2 heterocycles. The number of nitrogens with one attached hydrogen (secondary N) is 1. The number of carbonyl (C=O) groups excluding carboxylic acids is 1. The number of halogens is 5. The van der Waals surface area contributed by atoms with E-state index in [4.69, 9.17) is 23.2 Å². The zero-order valence-corrected chi connectivity index (χ0v) is 20.3. The third kappa shape index (κ3) is 4.68. The molecule has 1 aromatic carbocycles. The molecular formula is C22H19Cl2F3N6O2. The largest absolute Gasteiger partial charge is 0.430 e. The molecule has 1 unspecified atom stereocenters. The van der Waals surface area contributed by atoms with Gasteiger partial charge in [-0.1, -0.05) is 23.2 Å². The van der Waals surface area contributed by atoms with E-state index in [1.807, 2.05) is 0 Å². The Balaban J connectivity index is 1.67. The quantitative estimate of drug-likeness (QED) is 0.466. The molecule has 13 heteroatoms. The highest BCUT2D eigenvalue weighted by molar-refractivity contribution is 6.38. The van der Waals surface area contributed by atoms with Gasteiger partial charge in [-0.25, -0.2) is 13.8 Å². The van der Waals surface area contributed by atoms with Crippen LogP contribution in [-0.4, -0.2) is 43.3 Å². The average Bonchev–Trinajstić information content (AvgIpc) is 3.28. The van der Waals surface area contributed by atoms with Crippen LogP contribution in [0.4, 0.5) is 13.2 Å². The van der Waals surface area contributed by atoms with Crippen molar-refractivity contribution in [1.82, 2.24) is 24.9 Å². The molecule has 8 nitrogen and oxygen atoms in total.